The molecule has 7 rings (SSSR count). The molecule has 0 saturated heterocycles. The van der Waals surface area contributed by atoms with Gasteiger partial charge >= 0.3 is 0 Å². The maximum absolute atomic E-state index is 13.7. The minimum Gasteiger partial charge on any atom is -0.486 e. The molecule has 1 N–H and O–H groups in total. The molecule has 0 bridgehead atoms. The second kappa shape index (κ2) is 10.8. The standard InChI is InChI=1S/C33H21Cl3N2O4/c34-22-15-24(35)30(25(36)16-22)33(39)37-38-26-12-11-20-6-4-5-9-23(20)29(26)32(31(38)21-7-2-1-3-8-21)40-17-19-10-13-27-28(14-19)42-18-41-27/h1-16H,17-18H2,(H,37,39). The number of benzene rings is 5. The van der Waals surface area contributed by atoms with Gasteiger partial charge in [0.25, 0.3) is 5.91 Å². The van der Waals surface area contributed by atoms with Crippen LogP contribution in [0.15, 0.2) is 97.1 Å². The van der Waals surface area contributed by atoms with Gasteiger partial charge in [0.2, 0.25) is 6.79 Å². The fourth-order valence-corrected chi connectivity index (χ4v) is 6.23. The third kappa shape index (κ3) is 4.68. The second-order valence-corrected chi connectivity index (χ2v) is 11.0. The van der Waals surface area contributed by atoms with Crippen LogP contribution in [0.3, 0.4) is 0 Å². The normalized spacial score (nSPS) is 12.2. The van der Waals surface area contributed by atoms with Gasteiger partial charge in [0.15, 0.2) is 17.2 Å². The van der Waals surface area contributed by atoms with E-state index < -0.39 is 5.91 Å². The van der Waals surface area contributed by atoms with E-state index in [1.54, 1.807) is 4.68 Å². The third-order valence-corrected chi connectivity index (χ3v) is 7.94. The summed E-state index contributed by atoms with van der Waals surface area (Å²) in [6, 6.07) is 30.5. The second-order valence-electron chi connectivity index (χ2n) is 9.72. The molecule has 1 aromatic heterocycles. The maximum atomic E-state index is 13.7. The lowest BCUT2D eigenvalue weighted by molar-refractivity contribution is 0.101. The predicted octanol–water partition coefficient (Wildman–Crippen LogP) is 9.11. The van der Waals surface area contributed by atoms with Gasteiger partial charge in [-0.25, -0.2) is 4.68 Å². The van der Waals surface area contributed by atoms with Crippen molar-refractivity contribution in [1.82, 2.24) is 4.68 Å². The summed E-state index contributed by atoms with van der Waals surface area (Å²) in [7, 11) is 0. The summed E-state index contributed by atoms with van der Waals surface area (Å²) in [5.74, 6) is 1.50. The lowest BCUT2D eigenvalue weighted by Crippen LogP contribution is -2.24. The average molecular weight is 616 g/mol. The predicted molar refractivity (Wildman–Crippen MR) is 167 cm³/mol. The number of carbonyl (C=O) groups is 1. The molecule has 2 heterocycles. The van der Waals surface area contributed by atoms with Crippen molar-refractivity contribution >= 4 is 62.4 Å². The monoisotopic (exact) mass is 614 g/mol. The number of fused-ring (bicyclic) bond motifs is 4. The van der Waals surface area contributed by atoms with Crippen LogP contribution in [-0.2, 0) is 6.61 Å². The van der Waals surface area contributed by atoms with E-state index in [0.29, 0.717) is 28.0 Å². The zero-order valence-corrected chi connectivity index (χ0v) is 24.1. The van der Waals surface area contributed by atoms with E-state index in [2.05, 4.69) is 5.43 Å². The number of hydrogen-bond acceptors (Lipinski definition) is 4. The summed E-state index contributed by atoms with van der Waals surface area (Å²) in [5.41, 5.74) is 6.30. The maximum Gasteiger partial charge on any atom is 0.273 e. The summed E-state index contributed by atoms with van der Waals surface area (Å²) in [6.07, 6.45) is 0. The van der Waals surface area contributed by atoms with Crippen LogP contribution in [0.2, 0.25) is 15.1 Å². The first-order valence-electron chi connectivity index (χ1n) is 13.1. The van der Waals surface area contributed by atoms with E-state index in [-0.39, 0.29) is 29.0 Å². The number of nitrogens with one attached hydrogen (secondary N) is 1. The van der Waals surface area contributed by atoms with E-state index in [0.717, 1.165) is 32.8 Å². The van der Waals surface area contributed by atoms with Gasteiger partial charge in [0, 0.05) is 10.6 Å². The van der Waals surface area contributed by atoms with Crippen LogP contribution in [0.25, 0.3) is 32.9 Å². The Labute approximate surface area is 255 Å². The molecule has 0 spiro atoms. The zero-order chi connectivity index (χ0) is 28.8. The van der Waals surface area contributed by atoms with Crippen LogP contribution in [0.4, 0.5) is 0 Å². The molecular weight excluding hydrogens is 595 g/mol. The molecule has 42 heavy (non-hydrogen) atoms. The molecule has 6 aromatic rings. The minimum atomic E-state index is -0.494. The Morgan fingerprint density at radius 2 is 1.57 bits per heavy atom. The molecular formula is C33H21Cl3N2O4. The van der Waals surface area contributed by atoms with Crippen molar-refractivity contribution in [2.45, 2.75) is 6.61 Å². The quantitative estimate of drug-likeness (QED) is 0.203. The van der Waals surface area contributed by atoms with E-state index in [1.165, 1.54) is 12.1 Å². The number of halogens is 3. The summed E-state index contributed by atoms with van der Waals surface area (Å²) in [5, 5.41) is 3.48. The number of rotatable bonds is 6. The van der Waals surface area contributed by atoms with Gasteiger partial charge in [-0.3, -0.25) is 10.2 Å². The lowest BCUT2D eigenvalue weighted by Gasteiger charge is -2.15. The molecule has 208 valence electrons. The van der Waals surface area contributed by atoms with Gasteiger partial charge in [-0.15, -0.1) is 0 Å². The van der Waals surface area contributed by atoms with E-state index >= 15 is 0 Å². The molecule has 0 unspecified atom stereocenters. The van der Waals surface area contributed by atoms with Crippen LogP contribution in [-0.4, -0.2) is 17.4 Å². The van der Waals surface area contributed by atoms with Crippen molar-refractivity contribution in [3.05, 3.63) is 123 Å². The first-order chi connectivity index (χ1) is 20.5. The van der Waals surface area contributed by atoms with Crippen molar-refractivity contribution in [2.24, 2.45) is 0 Å². The molecule has 1 aliphatic rings. The van der Waals surface area contributed by atoms with Gasteiger partial charge in [0.05, 0.1) is 26.5 Å². The molecule has 0 atom stereocenters. The van der Waals surface area contributed by atoms with E-state index in [1.807, 2.05) is 84.9 Å². The fraction of sp³-hybridized carbons (Fsp3) is 0.0606. The Hall–Kier alpha value is -4.36. The Bertz CT molecular complexity index is 1980. The summed E-state index contributed by atoms with van der Waals surface area (Å²) in [4.78, 5) is 13.7. The summed E-state index contributed by atoms with van der Waals surface area (Å²) in [6.45, 7) is 0.445. The Morgan fingerprint density at radius 3 is 2.38 bits per heavy atom. The van der Waals surface area contributed by atoms with Gasteiger partial charge in [0.1, 0.15) is 12.3 Å². The number of aromatic nitrogens is 1. The third-order valence-electron chi connectivity index (χ3n) is 7.13. The number of ether oxygens (including phenoxy) is 3. The largest absolute Gasteiger partial charge is 0.486 e. The van der Waals surface area contributed by atoms with Crippen molar-refractivity contribution in [2.75, 3.05) is 12.2 Å². The smallest absolute Gasteiger partial charge is 0.273 e. The number of amides is 1. The van der Waals surface area contributed by atoms with Crippen LogP contribution < -0.4 is 19.6 Å². The highest BCUT2D eigenvalue weighted by Gasteiger charge is 2.26. The molecule has 1 aliphatic heterocycles. The van der Waals surface area contributed by atoms with Crippen molar-refractivity contribution in [3.8, 4) is 28.5 Å². The lowest BCUT2D eigenvalue weighted by atomic mass is 10.0. The molecule has 1 amide bonds. The topological polar surface area (TPSA) is 61.7 Å². The molecule has 0 radical (unpaired) electrons. The fourth-order valence-electron chi connectivity index (χ4n) is 5.24. The molecule has 6 nitrogen and oxygen atoms in total. The summed E-state index contributed by atoms with van der Waals surface area (Å²) >= 11 is 19.0. The molecule has 0 fully saturated rings. The van der Waals surface area contributed by atoms with Crippen LogP contribution >= 0.6 is 34.8 Å². The average Bonchev–Trinajstić information content (AvgIpc) is 3.58. The Balaban J connectivity index is 1.42. The van der Waals surface area contributed by atoms with Crippen LogP contribution in [0.1, 0.15) is 15.9 Å². The van der Waals surface area contributed by atoms with Gasteiger partial charge in [-0.05, 0) is 46.7 Å². The highest BCUT2D eigenvalue weighted by atomic mass is 35.5. The van der Waals surface area contributed by atoms with Crippen molar-refractivity contribution in [1.29, 1.82) is 0 Å². The van der Waals surface area contributed by atoms with Gasteiger partial charge < -0.3 is 14.2 Å². The number of hydrogen-bond donors (Lipinski definition) is 1. The van der Waals surface area contributed by atoms with E-state index in [4.69, 9.17) is 49.0 Å². The highest BCUT2D eigenvalue weighted by molar-refractivity contribution is 6.42. The summed E-state index contributed by atoms with van der Waals surface area (Å²) < 4.78 is 19.4. The number of nitrogens with zero attached hydrogens (tertiary/aromatic N) is 1. The first-order valence-corrected chi connectivity index (χ1v) is 14.2. The Morgan fingerprint density at radius 1 is 0.833 bits per heavy atom. The van der Waals surface area contributed by atoms with E-state index in [9.17, 15) is 4.79 Å². The highest BCUT2D eigenvalue weighted by Crippen LogP contribution is 2.44. The zero-order valence-electron chi connectivity index (χ0n) is 21.9. The molecule has 0 aliphatic carbocycles. The number of carbonyl (C=O) groups excluding carboxylic acids is 1. The van der Waals surface area contributed by atoms with Crippen LogP contribution in [0, 0.1) is 0 Å². The Kier molecular flexibility index (Phi) is 6.82. The minimum absolute atomic E-state index is 0.118. The molecule has 0 saturated carbocycles. The van der Waals surface area contributed by atoms with Crippen molar-refractivity contribution in [3.63, 3.8) is 0 Å². The van der Waals surface area contributed by atoms with Gasteiger partial charge in [-0.1, -0.05) is 102 Å². The SMILES string of the molecule is O=C(Nn1c(-c2ccccc2)c(OCc2ccc3c(c2)OCO3)c2c3ccccc3ccc21)c1c(Cl)cc(Cl)cc1Cl. The molecule has 9 heteroatoms. The van der Waals surface area contributed by atoms with Crippen LogP contribution in [0.5, 0.6) is 17.2 Å². The molecule has 5 aromatic carbocycles. The first kappa shape index (κ1) is 26.5. The van der Waals surface area contributed by atoms with Gasteiger partial charge in [-0.2, -0.15) is 0 Å². The van der Waals surface area contributed by atoms with Crippen molar-refractivity contribution < 1.29 is 19.0 Å².